The second kappa shape index (κ2) is 10.8. The Kier molecular flexibility index (Phi) is 8.11. The Hall–Kier alpha value is -3.67. The molecule has 0 bridgehead atoms. The van der Waals surface area contributed by atoms with E-state index >= 15 is 0 Å². The number of pyridine rings is 1. The van der Waals surface area contributed by atoms with E-state index in [1.807, 2.05) is 64.1 Å². The van der Waals surface area contributed by atoms with Gasteiger partial charge in [-0.3, -0.25) is 9.78 Å². The molecule has 0 radical (unpaired) electrons. The number of benzene rings is 2. The average Bonchev–Trinajstić information content (AvgIpc) is 2.75. The molecule has 6 nitrogen and oxygen atoms in total. The van der Waals surface area contributed by atoms with Crippen molar-refractivity contribution in [2.24, 2.45) is 5.73 Å². The summed E-state index contributed by atoms with van der Waals surface area (Å²) in [6.45, 7) is 8.60. The van der Waals surface area contributed by atoms with E-state index < -0.39 is 5.91 Å². The third-order valence-electron chi connectivity index (χ3n) is 4.30. The van der Waals surface area contributed by atoms with Crippen LogP contribution >= 0.6 is 0 Å². The van der Waals surface area contributed by atoms with Crippen molar-refractivity contribution in [3.05, 3.63) is 71.4 Å². The van der Waals surface area contributed by atoms with E-state index in [9.17, 15) is 4.79 Å². The van der Waals surface area contributed by atoms with E-state index in [1.54, 1.807) is 18.3 Å². The molecule has 0 fully saturated rings. The topological polar surface area (TPSA) is 101 Å². The molecular weight excluding hydrogens is 376 g/mol. The summed E-state index contributed by atoms with van der Waals surface area (Å²) in [5.74, 6) is 0.865. The number of nitrogens with one attached hydrogen (secondary N) is 2. The number of amides is 1. The summed E-state index contributed by atoms with van der Waals surface area (Å²) in [5, 5.41) is 10.7. The van der Waals surface area contributed by atoms with Gasteiger partial charge in [-0.05, 0) is 49.7 Å². The van der Waals surface area contributed by atoms with Crippen molar-refractivity contribution < 1.29 is 9.53 Å². The molecule has 0 spiro atoms. The highest BCUT2D eigenvalue weighted by Crippen LogP contribution is 2.29. The van der Waals surface area contributed by atoms with Crippen LogP contribution in [0.2, 0.25) is 0 Å². The van der Waals surface area contributed by atoms with E-state index in [0.717, 1.165) is 34.6 Å². The molecule has 156 valence electrons. The average molecular weight is 405 g/mol. The van der Waals surface area contributed by atoms with Gasteiger partial charge in [-0.1, -0.05) is 19.9 Å². The fourth-order valence-corrected chi connectivity index (χ4v) is 2.94. The molecule has 0 saturated carbocycles. The SMILES string of the molecule is CC.CCNc1cc(Oc2ccnc(-c3ccc(C(N)=O)c(C)c3)c2)ccc1C=N. The van der Waals surface area contributed by atoms with Crippen molar-refractivity contribution in [3.63, 3.8) is 0 Å². The predicted molar refractivity (Wildman–Crippen MR) is 123 cm³/mol. The summed E-state index contributed by atoms with van der Waals surface area (Å²) in [5.41, 5.74) is 9.93. The maximum absolute atomic E-state index is 11.4. The van der Waals surface area contributed by atoms with Gasteiger partial charge in [0.1, 0.15) is 11.5 Å². The highest BCUT2D eigenvalue weighted by Gasteiger charge is 2.09. The predicted octanol–water partition coefficient (Wildman–Crippen LogP) is 5.40. The molecule has 1 heterocycles. The second-order valence-corrected chi connectivity index (χ2v) is 6.30. The maximum atomic E-state index is 11.4. The molecule has 4 N–H and O–H groups in total. The van der Waals surface area contributed by atoms with E-state index in [2.05, 4.69) is 10.3 Å². The quantitative estimate of drug-likeness (QED) is 0.459. The van der Waals surface area contributed by atoms with Crippen molar-refractivity contribution in [2.45, 2.75) is 27.7 Å². The van der Waals surface area contributed by atoms with Gasteiger partial charge in [0.25, 0.3) is 0 Å². The van der Waals surface area contributed by atoms with Gasteiger partial charge in [0.2, 0.25) is 5.91 Å². The van der Waals surface area contributed by atoms with Crippen LogP contribution in [-0.4, -0.2) is 23.7 Å². The third-order valence-corrected chi connectivity index (χ3v) is 4.30. The summed E-state index contributed by atoms with van der Waals surface area (Å²) in [6.07, 6.45) is 2.99. The second-order valence-electron chi connectivity index (χ2n) is 6.30. The minimum absolute atomic E-state index is 0.445. The summed E-state index contributed by atoms with van der Waals surface area (Å²) in [7, 11) is 0. The number of carbonyl (C=O) groups excluding carboxylic acids is 1. The molecule has 0 aliphatic carbocycles. The fraction of sp³-hybridized carbons (Fsp3) is 0.208. The van der Waals surface area contributed by atoms with Crippen molar-refractivity contribution in [1.82, 2.24) is 4.98 Å². The van der Waals surface area contributed by atoms with Crippen LogP contribution in [0.3, 0.4) is 0 Å². The number of rotatable bonds is 7. The largest absolute Gasteiger partial charge is 0.457 e. The van der Waals surface area contributed by atoms with E-state index in [4.69, 9.17) is 15.9 Å². The van der Waals surface area contributed by atoms with Crippen molar-refractivity contribution in [1.29, 1.82) is 5.41 Å². The molecule has 6 heteroatoms. The molecule has 3 rings (SSSR count). The first kappa shape index (κ1) is 22.6. The number of hydrogen-bond acceptors (Lipinski definition) is 5. The first-order chi connectivity index (χ1) is 14.5. The fourth-order valence-electron chi connectivity index (χ4n) is 2.94. The summed E-state index contributed by atoms with van der Waals surface area (Å²) in [4.78, 5) is 15.8. The Balaban J connectivity index is 0.00000155. The van der Waals surface area contributed by atoms with Gasteiger partial charge >= 0.3 is 0 Å². The molecule has 1 amide bonds. The van der Waals surface area contributed by atoms with Crippen LogP contribution in [0.15, 0.2) is 54.7 Å². The van der Waals surface area contributed by atoms with Crippen LogP contribution in [0.1, 0.15) is 42.3 Å². The van der Waals surface area contributed by atoms with Crippen molar-refractivity contribution in [3.8, 4) is 22.8 Å². The van der Waals surface area contributed by atoms with Crippen molar-refractivity contribution >= 4 is 17.8 Å². The number of ether oxygens (including phenoxy) is 1. The molecule has 0 aliphatic rings. The first-order valence-electron chi connectivity index (χ1n) is 9.95. The van der Waals surface area contributed by atoms with Gasteiger partial charge in [-0.15, -0.1) is 0 Å². The van der Waals surface area contributed by atoms with Gasteiger partial charge in [-0.25, -0.2) is 0 Å². The molecule has 0 saturated heterocycles. The lowest BCUT2D eigenvalue weighted by molar-refractivity contribution is 0.0999. The molecule has 1 aromatic heterocycles. The van der Waals surface area contributed by atoms with Gasteiger partial charge in [0, 0.05) is 53.5 Å². The Labute approximate surface area is 177 Å². The monoisotopic (exact) mass is 404 g/mol. The molecule has 0 aliphatic heterocycles. The molecule has 2 aromatic carbocycles. The van der Waals surface area contributed by atoms with Crippen LogP contribution < -0.4 is 15.8 Å². The molecule has 0 atom stereocenters. The van der Waals surface area contributed by atoms with E-state index in [0.29, 0.717) is 17.1 Å². The number of aryl methyl sites for hydroxylation is 1. The lowest BCUT2D eigenvalue weighted by atomic mass is 10.0. The van der Waals surface area contributed by atoms with Gasteiger partial charge in [0.15, 0.2) is 0 Å². The molecular formula is C24H28N4O2. The first-order valence-corrected chi connectivity index (χ1v) is 9.95. The van der Waals surface area contributed by atoms with Gasteiger partial charge < -0.3 is 21.2 Å². The maximum Gasteiger partial charge on any atom is 0.248 e. The normalized spacial score (nSPS) is 9.87. The summed E-state index contributed by atoms with van der Waals surface area (Å²) >= 11 is 0. The zero-order valence-corrected chi connectivity index (χ0v) is 17.8. The van der Waals surface area contributed by atoms with Crippen LogP contribution in [0.5, 0.6) is 11.5 Å². The smallest absolute Gasteiger partial charge is 0.248 e. The number of primary amides is 1. The number of nitrogens with zero attached hydrogens (tertiary/aromatic N) is 1. The van der Waals surface area contributed by atoms with Gasteiger partial charge in [-0.2, -0.15) is 0 Å². The van der Waals surface area contributed by atoms with Crippen LogP contribution in [0.25, 0.3) is 11.3 Å². The highest BCUT2D eigenvalue weighted by molar-refractivity contribution is 5.94. The Morgan fingerprint density at radius 3 is 2.50 bits per heavy atom. The number of hydrogen-bond donors (Lipinski definition) is 3. The summed E-state index contributed by atoms with van der Waals surface area (Å²) < 4.78 is 5.99. The number of carbonyl (C=O) groups is 1. The Morgan fingerprint density at radius 2 is 1.87 bits per heavy atom. The van der Waals surface area contributed by atoms with Crippen LogP contribution in [-0.2, 0) is 0 Å². The third kappa shape index (κ3) is 5.44. The lowest BCUT2D eigenvalue weighted by Gasteiger charge is -2.12. The number of nitrogens with two attached hydrogens (primary N) is 1. The zero-order chi connectivity index (χ0) is 22.1. The van der Waals surface area contributed by atoms with Crippen molar-refractivity contribution in [2.75, 3.05) is 11.9 Å². The molecule has 0 unspecified atom stereocenters. The van der Waals surface area contributed by atoms with E-state index in [1.165, 1.54) is 6.21 Å². The molecule has 30 heavy (non-hydrogen) atoms. The minimum atomic E-state index is -0.445. The molecule has 3 aromatic rings. The van der Waals surface area contributed by atoms with Gasteiger partial charge in [0.05, 0.1) is 5.69 Å². The lowest BCUT2D eigenvalue weighted by Crippen LogP contribution is -2.12. The number of aromatic nitrogens is 1. The zero-order valence-electron chi connectivity index (χ0n) is 17.8. The number of anilines is 1. The Morgan fingerprint density at radius 1 is 1.13 bits per heavy atom. The van der Waals surface area contributed by atoms with Crippen LogP contribution in [0.4, 0.5) is 5.69 Å². The standard InChI is InChI=1S/C22H22N4O2.C2H6/c1-3-25-21-11-17(6-4-16(21)13-23)28-18-8-9-26-20(12-18)15-5-7-19(22(24)27)14(2)10-15;1-2/h4-13,23,25H,3H2,1-2H3,(H2,24,27);1-2H3. The van der Waals surface area contributed by atoms with Crippen LogP contribution in [0, 0.1) is 12.3 Å². The van der Waals surface area contributed by atoms with E-state index in [-0.39, 0.29) is 0 Å². The Bertz CT molecular complexity index is 1030. The highest BCUT2D eigenvalue weighted by atomic mass is 16.5. The minimum Gasteiger partial charge on any atom is -0.457 e. The summed E-state index contributed by atoms with van der Waals surface area (Å²) in [6, 6.07) is 14.6.